The van der Waals surface area contributed by atoms with Gasteiger partial charge in [-0.05, 0) is 42.5 Å². The molecule has 0 aliphatic carbocycles. The van der Waals surface area contributed by atoms with Gasteiger partial charge in [-0.15, -0.1) is 0 Å². The minimum atomic E-state index is -0.909. The number of hydrazone groups is 1. The molecular formula is C17H16ClN3O4. The first kappa shape index (κ1) is 18.3. The summed E-state index contributed by atoms with van der Waals surface area (Å²) in [5, 5.41) is 6.72. The van der Waals surface area contributed by atoms with E-state index in [1.807, 2.05) is 0 Å². The van der Waals surface area contributed by atoms with Crippen molar-refractivity contribution in [3.8, 4) is 11.5 Å². The molecule has 0 bridgehead atoms. The summed E-state index contributed by atoms with van der Waals surface area (Å²) < 4.78 is 10.3. The van der Waals surface area contributed by atoms with Crippen LogP contribution >= 0.6 is 11.6 Å². The van der Waals surface area contributed by atoms with Crippen molar-refractivity contribution in [3.05, 3.63) is 53.1 Å². The quantitative estimate of drug-likeness (QED) is 0.486. The Morgan fingerprint density at radius 3 is 2.40 bits per heavy atom. The highest BCUT2D eigenvalue weighted by Gasteiger charge is 2.13. The molecule has 0 atom stereocenters. The third kappa shape index (κ3) is 5.22. The summed E-state index contributed by atoms with van der Waals surface area (Å²) in [5.41, 5.74) is 3.18. The summed E-state index contributed by atoms with van der Waals surface area (Å²) in [6.07, 6.45) is 1.36. The number of carbonyl (C=O) groups is 2. The molecule has 2 amide bonds. The van der Waals surface area contributed by atoms with Crippen molar-refractivity contribution in [2.24, 2.45) is 5.10 Å². The lowest BCUT2D eigenvalue weighted by atomic mass is 10.2. The fourth-order valence-corrected chi connectivity index (χ4v) is 2.00. The minimum Gasteiger partial charge on any atom is -0.497 e. The molecule has 8 heteroatoms. The van der Waals surface area contributed by atoms with E-state index in [1.165, 1.54) is 20.4 Å². The van der Waals surface area contributed by atoms with E-state index >= 15 is 0 Å². The van der Waals surface area contributed by atoms with E-state index in [9.17, 15) is 9.59 Å². The Bertz CT molecular complexity index is 791. The van der Waals surface area contributed by atoms with E-state index in [-0.39, 0.29) is 0 Å². The first-order chi connectivity index (χ1) is 12.0. The van der Waals surface area contributed by atoms with Gasteiger partial charge >= 0.3 is 11.8 Å². The molecule has 0 aliphatic rings. The predicted octanol–water partition coefficient (Wildman–Crippen LogP) is 2.45. The zero-order chi connectivity index (χ0) is 18.2. The van der Waals surface area contributed by atoms with Crippen LogP contribution in [0.5, 0.6) is 11.5 Å². The Balaban J connectivity index is 1.97. The Morgan fingerprint density at radius 1 is 1.04 bits per heavy atom. The van der Waals surface area contributed by atoms with Gasteiger partial charge in [0, 0.05) is 16.3 Å². The molecule has 2 aromatic carbocycles. The smallest absolute Gasteiger partial charge is 0.329 e. The van der Waals surface area contributed by atoms with Crippen LogP contribution in [0.2, 0.25) is 5.02 Å². The molecule has 0 aliphatic heterocycles. The second-order valence-corrected chi connectivity index (χ2v) is 5.20. The molecule has 0 saturated carbocycles. The maximum absolute atomic E-state index is 11.8. The first-order valence-electron chi connectivity index (χ1n) is 7.15. The maximum atomic E-state index is 11.8. The van der Waals surface area contributed by atoms with Crippen molar-refractivity contribution < 1.29 is 19.1 Å². The molecule has 2 N–H and O–H groups in total. The average Bonchev–Trinajstić information content (AvgIpc) is 2.63. The Morgan fingerprint density at radius 2 is 1.76 bits per heavy atom. The van der Waals surface area contributed by atoms with E-state index in [0.29, 0.717) is 27.8 Å². The Hall–Kier alpha value is -3.06. The topological polar surface area (TPSA) is 89.0 Å². The Kier molecular flexibility index (Phi) is 6.36. The van der Waals surface area contributed by atoms with Crippen LogP contribution in [-0.4, -0.2) is 32.2 Å². The highest BCUT2D eigenvalue weighted by Crippen LogP contribution is 2.22. The largest absolute Gasteiger partial charge is 0.497 e. The molecule has 0 saturated heterocycles. The lowest BCUT2D eigenvalue weighted by Gasteiger charge is -2.07. The van der Waals surface area contributed by atoms with Crippen molar-refractivity contribution in [1.82, 2.24) is 5.43 Å². The first-order valence-corrected chi connectivity index (χ1v) is 7.53. The summed E-state index contributed by atoms with van der Waals surface area (Å²) in [5.74, 6) is -0.608. The fourth-order valence-electron chi connectivity index (χ4n) is 1.87. The van der Waals surface area contributed by atoms with Crippen molar-refractivity contribution in [2.45, 2.75) is 0 Å². The SMILES string of the molecule is COc1ccc(OC)c(/C=N/NC(=O)C(=O)Nc2ccc(Cl)cc2)c1. The zero-order valence-corrected chi connectivity index (χ0v) is 14.3. The number of hydrogen-bond acceptors (Lipinski definition) is 5. The van der Waals surface area contributed by atoms with Gasteiger partial charge in [0.2, 0.25) is 0 Å². The van der Waals surface area contributed by atoms with Crippen LogP contribution in [0, 0.1) is 0 Å². The van der Waals surface area contributed by atoms with Crippen molar-refractivity contribution in [2.75, 3.05) is 19.5 Å². The van der Waals surface area contributed by atoms with E-state index < -0.39 is 11.8 Å². The van der Waals surface area contributed by atoms with Gasteiger partial charge in [0.25, 0.3) is 0 Å². The van der Waals surface area contributed by atoms with Crippen molar-refractivity contribution in [1.29, 1.82) is 0 Å². The molecule has 7 nitrogen and oxygen atoms in total. The molecule has 0 spiro atoms. The number of ether oxygens (including phenoxy) is 2. The number of hydrogen-bond donors (Lipinski definition) is 2. The van der Waals surface area contributed by atoms with Crippen LogP contribution in [0.1, 0.15) is 5.56 Å². The molecule has 0 radical (unpaired) electrons. The van der Waals surface area contributed by atoms with Crippen LogP contribution in [0.15, 0.2) is 47.6 Å². The van der Waals surface area contributed by atoms with Gasteiger partial charge in [-0.25, -0.2) is 5.43 Å². The fraction of sp³-hybridized carbons (Fsp3) is 0.118. The number of rotatable bonds is 5. The van der Waals surface area contributed by atoms with E-state index in [2.05, 4.69) is 15.8 Å². The maximum Gasteiger partial charge on any atom is 0.329 e. The summed E-state index contributed by atoms with van der Waals surface area (Å²) in [6, 6.07) is 11.5. The molecule has 0 aromatic heterocycles. The van der Waals surface area contributed by atoms with Crippen LogP contribution in [0.3, 0.4) is 0 Å². The number of methoxy groups -OCH3 is 2. The monoisotopic (exact) mass is 361 g/mol. The van der Waals surface area contributed by atoms with E-state index in [0.717, 1.165) is 0 Å². The van der Waals surface area contributed by atoms with Crippen LogP contribution in [-0.2, 0) is 9.59 Å². The van der Waals surface area contributed by atoms with Gasteiger partial charge in [0.15, 0.2) is 0 Å². The minimum absolute atomic E-state index is 0.447. The number of nitrogens with zero attached hydrogens (tertiary/aromatic N) is 1. The van der Waals surface area contributed by atoms with Crippen LogP contribution < -0.4 is 20.2 Å². The van der Waals surface area contributed by atoms with Gasteiger partial charge < -0.3 is 14.8 Å². The number of amides is 2. The van der Waals surface area contributed by atoms with Crippen LogP contribution in [0.25, 0.3) is 0 Å². The highest BCUT2D eigenvalue weighted by atomic mass is 35.5. The summed E-state index contributed by atoms with van der Waals surface area (Å²) >= 11 is 5.75. The Labute approximate surface area is 149 Å². The summed E-state index contributed by atoms with van der Waals surface area (Å²) in [7, 11) is 3.04. The molecular weight excluding hydrogens is 346 g/mol. The number of nitrogens with one attached hydrogen (secondary N) is 2. The predicted molar refractivity (Wildman–Crippen MR) is 95.4 cm³/mol. The van der Waals surface area contributed by atoms with Gasteiger partial charge in [-0.3, -0.25) is 9.59 Å². The molecule has 0 heterocycles. The lowest BCUT2D eigenvalue weighted by Crippen LogP contribution is -2.32. The second-order valence-electron chi connectivity index (χ2n) is 4.77. The van der Waals surface area contributed by atoms with Crippen molar-refractivity contribution >= 4 is 35.3 Å². The molecule has 2 aromatic rings. The third-order valence-electron chi connectivity index (χ3n) is 3.11. The standard InChI is InChI=1S/C17H16ClN3O4/c1-24-14-7-8-15(25-2)11(9-14)10-19-21-17(23)16(22)20-13-5-3-12(18)4-6-13/h3-10H,1-2H3,(H,20,22)(H,21,23)/b19-10+. The van der Waals surface area contributed by atoms with E-state index in [4.69, 9.17) is 21.1 Å². The lowest BCUT2D eigenvalue weighted by molar-refractivity contribution is -0.136. The average molecular weight is 362 g/mol. The third-order valence-corrected chi connectivity index (χ3v) is 3.37. The van der Waals surface area contributed by atoms with E-state index in [1.54, 1.807) is 42.5 Å². The number of halogens is 1. The van der Waals surface area contributed by atoms with Gasteiger partial charge in [0.05, 0.1) is 20.4 Å². The molecule has 130 valence electrons. The normalized spacial score (nSPS) is 10.4. The van der Waals surface area contributed by atoms with Gasteiger partial charge in [-0.1, -0.05) is 11.6 Å². The molecule has 0 unspecified atom stereocenters. The summed E-state index contributed by atoms with van der Waals surface area (Å²) in [4.78, 5) is 23.6. The zero-order valence-electron chi connectivity index (χ0n) is 13.6. The summed E-state index contributed by atoms with van der Waals surface area (Å²) in [6.45, 7) is 0. The molecule has 0 fully saturated rings. The highest BCUT2D eigenvalue weighted by molar-refractivity contribution is 6.39. The number of carbonyl (C=O) groups excluding carboxylic acids is 2. The van der Waals surface area contributed by atoms with Crippen LogP contribution in [0.4, 0.5) is 5.69 Å². The second kappa shape index (κ2) is 8.70. The number of benzene rings is 2. The van der Waals surface area contributed by atoms with Gasteiger partial charge in [-0.2, -0.15) is 5.10 Å². The number of anilines is 1. The van der Waals surface area contributed by atoms with Gasteiger partial charge in [0.1, 0.15) is 11.5 Å². The molecule has 2 rings (SSSR count). The van der Waals surface area contributed by atoms with Crippen molar-refractivity contribution in [3.63, 3.8) is 0 Å². The molecule has 25 heavy (non-hydrogen) atoms.